The SMILES string of the molecule is CCCCC1Cc2ccsc2C(CCN(NS(C)(=O)=O)S(=O)(=O)c2ccccc2)N1.Cl. The number of unbranched alkanes of at least 4 members (excludes halogenated alkanes) is 1. The second-order valence-corrected chi connectivity index (χ2v) is 12.2. The van der Waals surface area contributed by atoms with Crippen LogP contribution >= 0.6 is 23.7 Å². The van der Waals surface area contributed by atoms with Crippen LogP contribution in [0, 0.1) is 0 Å². The van der Waals surface area contributed by atoms with Crippen molar-refractivity contribution in [3.63, 3.8) is 0 Å². The molecule has 1 aromatic heterocycles. The molecule has 2 atom stereocenters. The van der Waals surface area contributed by atoms with Crippen LogP contribution in [-0.2, 0) is 26.5 Å². The first-order valence-corrected chi connectivity index (χ1v) is 14.3. The first kappa shape index (κ1) is 26.2. The largest absolute Gasteiger partial charge is 0.306 e. The summed E-state index contributed by atoms with van der Waals surface area (Å²) in [6, 6.07) is 10.3. The zero-order valence-electron chi connectivity index (χ0n) is 17.7. The van der Waals surface area contributed by atoms with Crippen LogP contribution in [0.3, 0.4) is 0 Å². The van der Waals surface area contributed by atoms with Crippen LogP contribution in [0.5, 0.6) is 0 Å². The first-order chi connectivity index (χ1) is 14.2. The molecule has 3 rings (SSSR count). The first-order valence-electron chi connectivity index (χ1n) is 10.1. The summed E-state index contributed by atoms with van der Waals surface area (Å²) in [5, 5.41) is 5.72. The van der Waals surface area contributed by atoms with Gasteiger partial charge in [-0.05, 0) is 48.4 Å². The lowest BCUT2D eigenvalue weighted by Gasteiger charge is -2.32. The summed E-state index contributed by atoms with van der Waals surface area (Å²) in [7, 11) is -7.77. The van der Waals surface area contributed by atoms with Gasteiger partial charge in [0, 0.05) is 23.5 Å². The summed E-state index contributed by atoms with van der Waals surface area (Å²) in [5.74, 6) is 0. The van der Waals surface area contributed by atoms with Crippen LogP contribution in [-0.4, -0.2) is 40.1 Å². The Morgan fingerprint density at radius 2 is 1.84 bits per heavy atom. The van der Waals surface area contributed by atoms with E-state index < -0.39 is 20.0 Å². The van der Waals surface area contributed by atoms with Crippen molar-refractivity contribution in [1.29, 1.82) is 0 Å². The minimum absolute atomic E-state index is 0. The summed E-state index contributed by atoms with van der Waals surface area (Å²) in [6.45, 7) is 2.19. The van der Waals surface area contributed by atoms with Crippen molar-refractivity contribution in [1.82, 2.24) is 14.6 Å². The molecule has 0 amide bonds. The van der Waals surface area contributed by atoms with Crippen LogP contribution in [0.4, 0.5) is 0 Å². The van der Waals surface area contributed by atoms with E-state index in [-0.39, 0.29) is 29.9 Å². The molecule has 2 aromatic rings. The molecular formula is C20H30ClN3O4S3. The zero-order chi connectivity index (χ0) is 21.8. The maximum atomic E-state index is 13.1. The lowest BCUT2D eigenvalue weighted by molar-refractivity contribution is 0.317. The molecule has 0 saturated heterocycles. The van der Waals surface area contributed by atoms with Crippen LogP contribution in [0.15, 0.2) is 46.7 Å². The van der Waals surface area contributed by atoms with E-state index in [2.05, 4.69) is 28.5 Å². The lowest BCUT2D eigenvalue weighted by atomic mass is 9.93. The molecule has 0 bridgehead atoms. The Hall–Kier alpha value is -1.01. The smallest absolute Gasteiger partial charge is 0.256 e. The van der Waals surface area contributed by atoms with Gasteiger partial charge in [0.2, 0.25) is 10.0 Å². The molecule has 0 aliphatic carbocycles. The van der Waals surface area contributed by atoms with Gasteiger partial charge in [0.1, 0.15) is 0 Å². The molecule has 1 aliphatic heterocycles. The number of hydrogen-bond acceptors (Lipinski definition) is 6. The number of sulfonamides is 2. The van der Waals surface area contributed by atoms with E-state index in [1.807, 2.05) is 0 Å². The highest BCUT2D eigenvalue weighted by Gasteiger charge is 2.31. The van der Waals surface area contributed by atoms with E-state index >= 15 is 0 Å². The molecule has 7 nitrogen and oxygen atoms in total. The summed E-state index contributed by atoms with van der Waals surface area (Å²) >= 11 is 1.66. The molecule has 0 spiro atoms. The second kappa shape index (κ2) is 11.2. The Bertz CT molecular complexity index is 1040. The van der Waals surface area contributed by atoms with Crippen LogP contribution in [0.25, 0.3) is 0 Å². The number of nitrogens with zero attached hydrogens (tertiary/aromatic N) is 1. The van der Waals surface area contributed by atoms with Crippen molar-refractivity contribution in [3.8, 4) is 0 Å². The molecule has 11 heteroatoms. The van der Waals surface area contributed by atoms with Crippen LogP contribution in [0.1, 0.15) is 49.1 Å². The quantitative estimate of drug-likeness (QED) is 0.480. The van der Waals surface area contributed by atoms with E-state index in [9.17, 15) is 16.8 Å². The van der Waals surface area contributed by atoms with Gasteiger partial charge in [-0.3, -0.25) is 0 Å². The number of benzene rings is 1. The molecule has 174 valence electrons. The molecule has 2 N–H and O–H groups in total. The standard InChI is InChI=1S/C20H29N3O4S3.ClH/c1-3-4-8-17-15-16-12-14-28-20(16)19(21-17)11-13-23(22-29(2,24)25)30(26,27)18-9-6-5-7-10-18;/h5-7,9-10,12,14,17,19,21-22H,3-4,8,11,13,15H2,1-2H3;1H. The monoisotopic (exact) mass is 507 g/mol. The van der Waals surface area contributed by atoms with Crippen molar-refractivity contribution in [2.45, 2.75) is 56.0 Å². The summed E-state index contributed by atoms with van der Waals surface area (Å²) in [5.41, 5.74) is 1.30. The fourth-order valence-electron chi connectivity index (χ4n) is 3.72. The zero-order valence-corrected chi connectivity index (χ0v) is 20.9. The second-order valence-electron chi connectivity index (χ2n) is 7.61. The highest BCUT2D eigenvalue weighted by molar-refractivity contribution is 7.91. The molecule has 0 saturated carbocycles. The van der Waals surface area contributed by atoms with Crippen LogP contribution in [0.2, 0.25) is 0 Å². The molecule has 31 heavy (non-hydrogen) atoms. The van der Waals surface area contributed by atoms with Gasteiger partial charge in [0.25, 0.3) is 10.0 Å². The normalized spacial score (nSPS) is 19.1. The minimum atomic E-state index is -4.01. The van der Waals surface area contributed by atoms with E-state index in [1.165, 1.54) is 22.6 Å². The van der Waals surface area contributed by atoms with Crippen molar-refractivity contribution in [2.75, 3.05) is 12.8 Å². The number of rotatable bonds is 10. The van der Waals surface area contributed by atoms with E-state index in [0.29, 0.717) is 12.5 Å². The van der Waals surface area contributed by atoms with Crippen molar-refractivity contribution >= 4 is 43.8 Å². The van der Waals surface area contributed by atoms with Crippen molar-refractivity contribution in [3.05, 3.63) is 52.2 Å². The number of halogens is 1. The third kappa shape index (κ3) is 6.98. The Balaban J connectivity index is 0.00000341. The van der Waals surface area contributed by atoms with Gasteiger partial charge in [-0.2, -0.15) is 0 Å². The Morgan fingerprint density at radius 3 is 2.48 bits per heavy atom. The van der Waals surface area contributed by atoms with Gasteiger partial charge in [-0.15, -0.1) is 33.0 Å². The Labute approximate surface area is 195 Å². The number of thiophene rings is 1. The molecular weight excluding hydrogens is 478 g/mol. The maximum absolute atomic E-state index is 13.1. The van der Waals surface area contributed by atoms with Crippen molar-refractivity contribution in [2.24, 2.45) is 0 Å². The van der Waals surface area contributed by atoms with Gasteiger partial charge >= 0.3 is 0 Å². The van der Waals surface area contributed by atoms with Gasteiger partial charge in [-0.25, -0.2) is 16.8 Å². The fourth-order valence-corrected chi connectivity index (χ4v) is 7.12. The average molecular weight is 508 g/mol. The summed E-state index contributed by atoms with van der Waals surface area (Å²) in [6.07, 6.45) is 5.72. The highest BCUT2D eigenvalue weighted by atomic mass is 35.5. The summed E-state index contributed by atoms with van der Waals surface area (Å²) in [4.78, 5) is 3.45. The molecule has 1 aromatic carbocycles. The number of nitrogens with one attached hydrogen (secondary N) is 2. The predicted octanol–water partition coefficient (Wildman–Crippen LogP) is 3.46. The van der Waals surface area contributed by atoms with Crippen LogP contribution < -0.4 is 10.1 Å². The lowest BCUT2D eigenvalue weighted by Crippen LogP contribution is -2.47. The molecule has 2 heterocycles. The van der Waals surface area contributed by atoms with Gasteiger partial charge < -0.3 is 5.32 Å². The molecule has 0 radical (unpaired) electrons. The average Bonchev–Trinajstić information content (AvgIpc) is 3.18. The molecule has 0 fully saturated rings. The predicted molar refractivity (Wildman–Crippen MR) is 127 cm³/mol. The molecule has 2 unspecified atom stereocenters. The Morgan fingerprint density at radius 1 is 1.13 bits per heavy atom. The van der Waals surface area contributed by atoms with E-state index in [0.717, 1.165) is 36.4 Å². The summed E-state index contributed by atoms with van der Waals surface area (Å²) < 4.78 is 50.7. The Kier molecular flexibility index (Phi) is 9.50. The van der Waals surface area contributed by atoms with Gasteiger partial charge in [0.05, 0.1) is 11.2 Å². The number of hydrogen-bond donors (Lipinski definition) is 2. The van der Waals surface area contributed by atoms with E-state index in [1.54, 1.807) is 29.5 Å². The van der Waals surface area contributed by atoms with E-state index in [4.69, 9.17) is 0 Å². The van der Waals surface area contributed by atoms with Gasteiger partial charge in [0.15, 0.2) is 0 Å². The minimum Gasteiger partial charge on any atom is -0.306 e. The van der Waals surface area contributed by atoms with Crippen molar-refractivity contribution < 1.29 is 16.8 Å². The topological polar surface area (TPSA) is 95.6 Å². The van der Waals surface area contributed by atoms with Gasteiger partial charge in [-0.1, -0.05) is 38.0 Å². The number of fused-ring (bicyclic) bond motifs is 1. The number of hydrazine groups is 1. The third-order valence-corrected chi connectivity index (χ3v) is 8.59. The molecule has 1 aliphatic rings. The third-order valence-electron chi connectivity index (χ3n) is 5.13. The highest BCUT2D eigenvalue weighted by Crippen LogP contribution is 2.33. The fraction of sp³-hybridized carbons (Fsp3) is 0.500. The maximum Gasteiger partial charge on any atom is 0.256 e.